The number of furan rings is 1. The van der Waals surface area contributed by atoms with Crippen molar-refractivity contribution in [2.75, 3.05) is 14.1 Å². The first kappa shape index (κ1) is 11.7. The molecule has 1 aromatic heterocycles. The van der Waals surface area contributed by atoms with E-state index in [9.17, 15) is 4.79 Å². The zero-order chi connectivity index (χ0) is 12.6. The third kappa shape index (κ3) is 2.05. The topological polar surface area (TPSA) is 33.5 Å². The van der Waals surface area contributed by atoms with Gasteiger partial charge in [0, 0.05) is 19.5 Å². The third-order valence-corrected chi connectivity index (χ3v) is 2.81. The third-order valence-electron chi connectivity index (χ3n) is 2.81. The fraction of sp³-hybridized carbons (Fsp3) is 0.357. The Hall–Kier alpha value is -1.77. The summed E-state index contributed by atoms with van der Waals surface area (Å²) < 4.78 is 5.69. The number of amides is 1. The minimum atomic E-state index is -0.101. The second-order valence-electron chi connectivity index (χ2n) is 4.73. The Bertz CT molecular complexity index is 552. The van der Waals surface area contributed by atoms with Crippen LogP contribution in [0.1, 0.15) is 35.9 Å². The normalized spacial score (nSPS) is 11.1. The molecule has 3 heteroatoms. The van der Waals surface area contributed by atoms with Crippen molar-refractivity contribution in [2.24, 2.45) is 0 Å². The molecule has 17 heavy (non-hydrogen) atoms. The molecule has 0 N–H and O–H groups in total. The summed E-state index contributed by atoms with van der Waals surface area (Å²) >= 11 is 0. The lowest BCUT2D eigenvalue weighted by atomic mass is 10.0. The van der Waals surface area contributed by atoms with Gasteiger partial charge in [-0.2, -0.15) is 0 Å². The average molecular weight is 231 g/mol. The summed E-state index contributed by atoms with van der Waals surface area (Å²) in [5.74, 6) is 0.682. The SMILES string of the molecule is CC(C)c1cccc2cc(C(=O)N(C)C)oc12. The summed E-state index contributed by atoms with van der Waals surface area (Å²) in [5, 5.41) is 0.987. The Labute approximate surface area is 101 Å². The first-order valence-corrected chi connectivity index (χ1v) is 5.75. The fourth-order valence-corrected chi connectivity index (χ4v) is 1.87. The van der Waals surface area contributed by atoms with Crippen molar-refractivity contribution in [1.29, 1.82) is 0 Å². The highest BCUT2D eigenvalue weighted by Crippen LogP contribution is 2.28. The number of carbonyl (C=O) groups excluding carboxylic acids is 1. The van der Waals surface area contributed by atoms with Crippen molar-refractivity contribution >= 4 is 16.9 Å². The predicted octanol–water partition coefficient (Wildman–Crippen LogP) is 3.26. The van der Waals surface area contributed by atoms with E-state index >= 15 is 0 Å². The molecule has 1 aromatic carbocycles. The summed E-state index contributed by atoms with van der Waals surface area (Å²) in [6.07, 6.45) is 0. The van der Waals surface area contributed by atoms with E-state index in [1.54, 1.807) is 14.1 Å². The number of benzene rings is 1. The highest BCUT2D eigenvalue weighted by Gasteiger charge is 2.16. The Morgan fingerprint density at radius 1 is 1.29 bits per heavy atom. The summed E-state index contributed by atoms with van der Waals surface area (Å²) in [5.41, 5.74) is 1.97. The maximum atomic E-state index is 11.8. The number of rotatable bonds is 2. The van der Waals surface area contributed by atoms with Crippen LogP contribution >= 0.6 is 0 Å². The van der Waals surface area contributed by atoms with Crippen LogP contribution < -0.4 is 0 Å². The van der Waals surface area contributed by atoms with Crippen LogP contribution in [0, 0.1) is 0 Å². The average Bonchev–Trinajstić information content (AvgIpc) is 2.70. The molecule has 3 nitrogen and oxygen atoms in total. The van der Waals surface area contributed by atoms with Crippen LogP contribution in [-0.4, -0.2) is 24.9 Å². The Kier molecular flexibility index (Phi) is 2.92. The van der Waals surface area contributed by atoms with Gasteiger partial charge in [0.1, 0.15) is 5.58 Å². The molecular formula is C14H17NO2. The summed E-state index contributed by atoms with van der Waals surface area (Å²) in [7, 11) is 3.44. The molecule has 0 saturated carbocycles. The first-order valence-electron chi connectivity index (χ1n) is 5.75. The standard InChI is InChI=1S/C14H17NO2/c1-9(2)11-7-5-6-10-8-12(17-13(10)11)14(16)15(3)4/h5-9H,1-4H3. The van der Waals surface area contributed by atoms with Crippen LogP contribution in [0.4, 0.5) is 0 Å². The monoisotopic (exact) mass is 231 g/mol. The van der Waals surface area contributed by atoms with Crippen LogP contribution in [0.15, 0.2) is 28.7 Å². The highest BCUT2D eigenvalue weighted by molar-refractivity contribution is 5.96. The van der Waals surface area contributed by atoms with E-state index < -0.39 is 0 Å². The second kappa shape index (κ2) is 4.24. The molecule has 0 aliphatic rings. The maximum Gasteiger partial charge on any atom is 0.289 e. The lowest BCUT2D eigenvalue weighted by Gasteiger charge is -2.07. The molecule has 0 spiro atoms. The molecule has 0 bridgehead atoms. The number of hydrogen-bond acceptors (Lipinski definition) is 2. The molecule has 1 amide bonds. The Morgan fingerprint density at radius 3 is 2.59 bits per heavy atom. The van der Waals surface area contributed by atoms with Gasteiger partial charge in [-0.1, -0.05) is 32.0 Å². The number of para-hydroxylation sites is 1. The molecule has 0 aliphatic heterocycles. The van der Waals surface area contributed by atoms with Gasteiger partial charge in [-0.15, -0.1) is 0 Å². The number of fused-ring (bicyclic) bond motifs is 1. The van der Waals surface area contributed by atoms with E-state index in [2.05, 4.69) is 13.8 Å². The van der Waals surface area contributed by atoms with Gasteiger partial charge in [0.15, 0.2) is 5.76 Å². The van der Waals surface area contributed by atoms with Gasteiger partial charge >= 0.3 is 0 Å². The molecule has 0 unspecified atom stereocenters. The molecule has 90 valence electrons. The summed E-state index contributed by atoms with van der Waals surface area (Å²) in [6, 6.07) is 7.82. The van der Waals surface area contributed by atoms with Crippen molar-refractivity contribution in [3.63, 3.8) is 0 Å². The summed E-state index contributed by atoms with van der Waals surface area (Å²) in [4.78, 5) is 13.3. The van der Waals surface area contributed by atoms with Gasteiger partial charge in [0.25, 0.3) is 5.91 Å². The summed E-state index contributed by atoms with van der Waals surface area (Å²) in [6.45, 7) is 4.23. The molecule has 0 aliphatic carbocycles. The van der Waals surface area contributed by atoms with Gasteiger partial charge in [-0.25, -0.2) is 0 Å². The largest absolute Gasteiger partial charge is 0.451 e. The maximum absolute atomic E-state index is 11.8. The van der Waals surface area contributed by atoms with E-state index in [1.807, 2.05) is 24.3 Å². The van der Waals surface area contributed by atoms with E-state index in [0.29, 0.717) is 11.7 Å². The minimum Gasteiger partial charge on any atom is -0.451 e. The van der Waals surface area contributed by atoms with Gasteiger partial charge in [-0.05, 0) is 17.5 Å². The number of nitrogens with zero attached hydrogens (tertiary/aromatic N) is 1. The number of hydrogen-bond donors (Lipinski definition) is 0. The number of carbonyl (C=O) groups is 1. The molecule has 1 heterocycles. The zero-order valence-corrected chi connectivity index (χ0v) is 10.7. The van der Waals surface area contributed by atoms with Gasteiger partial charge < -0.3 is 9.32 Å². The van der Waals surface area contributed by atoms with Crippen molar-refractivity contribution in [3.05, 3.63) is 35.6 Å². The van der Waals surface area contributed by atoms with Crippen LogP contribution in [-0.2, 0) is 0 Å². The molecule has 0 fully saturated rings. The molecule has 0 saturated heterocycles. The second-order valence-corrected chi connectivity index (χ2v) is 4.73. The van der Waals surface area contributed by atoms with Crippen LogP contribution in [0.5, 0.6) is 0 Å². The van der Waals surface area contributed by atoms with Crippen molar-refractivity contribution in [2.45, 2.75) is 19.8 Å². The van der Waals surface area contributed by atoms with E-state index in [1.165, 1.54) is 4.90 Å². The molecular weight excluding hydrogens is 214 g/mol. The van der Waals surface area contributed by atoms with Crippen molar-refractivity contribution in [3.8, 4) is 0 Å². The lowest BCUT2D eigenvalue weighted by molar-refractivity contribution is 0.0799. The quantitative estimate of drug-likeness (QED) is 0.794. The Morgan fingerprint density at radius 2 is 2.00 bits per heavy atom. The Balaban J connectivity index is 2.58. The van der Waals surface area contributed by atoms with Crippen LogP contribution in [0.2, 0.25) is 0 Å². The highest BCUT2D eigenvalue weighted by atomic mass is 16.3. The van der Waals surface area contributed by atoms with Crippen LogP contribution in [0.25, 0.3) is 11.0 Å². The van der Waals surface area contributed by atoms with Crippen molar-refractivity contribution < 1.29 is 9.21 Å². The van der Waals surface area contributed by atoms with E-state index in [4.69, 9.17) is 4.42 Å². The van der Waals surface area contributed by atoms with Crippen molar-refractivity contribution in [1.82, 2.24) is 4.90 Å². The smallest absolute Gasteiger partial charge is 0.289 e. The molecule has 0 radical (unpaired) electrons. The molecule has 2 aromatic rings. The van der Waals surface area contributed by atoms with E-state index in [-0.39, 0.29) is 5.91 Å². The van der Waals surface area contributed by atoms with Gasteiger partial charge in [-0.3, -0.25) is 4.79 Å². The predicted molar refractivity (Wildman–Crippen MR) is 68.3 cm³/mol. The fourth-order valence-electron chi connectivity index (χ4n) is 1.87. The van der Waals surface area contributed by atoms with Gasteiger partial charge in [0.2, 0.25) is 0 Å². The lowest BCUT2D eigenvalue weighted by Crippen LogP contribution is -2.20. The van der Waals surface area contributed by atoms with Gasteiger partial charge in [0.05, 0.1) is 0 Å². The minimum absolute atomic E-state index is 0.101. The first-order chi connectivity index (χ1) is 8.00. The molecule has 0 atom stereocenters. The molecule has 2 rings (SSSR count). The van der Waals surface area contributed by atoms with E-state index in [0.717, 1.165) is 16.5 Å². The van der Waals surface area contributed by atoms with Crippen LogP contribution in [0.3, 0.4) is 0 Å². The zero-order valence-electron chi connectivity index (χ0n) is 10.7.